The molecule has 1 N–H and O–H groups in total. The van der Waals surface area contributed by atoms with Gasteiger partial charge in [-0.2, -0.15) is 0 Å². The fourth-order valence-electron chi connectivity index (χ4n) is 2.61. The molecule has 1 aromatic heterocycles. The third-order valence-electron chi connectivity index (χ3n) is 4.12. The zero-order valence-corrected chi connectivity index (χ0v) is 10.2. The van der Waals surface area contributed by atoms with Gasteiger partial charge in [0.15, 0.2) is 0 Å². The minimum atomic E-state index is 0.300. The fraction of sp³-hybridized carbons (Fsp3) is 0.462. The van der Waals surface area contributed by atoms with E-state index < -0.39 is 0 Å². The number of nitrogens with one attached hydrogen (secondary N) is 1. The van der Waals surface area contributed by atoms with Crippen LogP contribution in [0.1, 0.15) is 12.0 Å². The molecule has 2 heterocycles. The second-order valence-electron chi connectivity index (χ2n) is 4.84. The zero-order chi connectivity index (χ0) is 11.6. The largest absolute Gasteiger partial charge is 0.388 e. The van der Waals surface area contributed by atoms with Crippen molar-refractivity contribution in [1.29, 1.82) is 0 Å². The first-order valence-electron chi connectivity index (χ1n) is 5.96. The average Bonchev–Trinajstić information content (AvgIpc) is 2.34. The summed E-state index contributed by atoms with van der Waals surface area (Å²) in [4.78, 5) is 4.22. The van der Waals surface area contributed by atoms with Crippen LogP contribution >= 0.6 is 0 Å². The van der Waals surface area contributed by atoms with Crippen LogP contribution in [0.25, 0.3) is 0 Å². The van der Waals surface area contributed by atoms with Crippen molar-refractivity contribution in [3.05, 3.63) is 36.7 Å². The molecular weight excluding hydrogens is 195 g/mol. The Morgan fingerprint density at radius 1 is 1.69 bits per heavy atom. The van der Waals surface area contributed by atoms with Crippen molar-refractivity contribution in [2.45, 2.75) is 31.3 Å². The molecular formula is C13H19BN2. The van der Waals surface area contributed by atoms with Crippen LogP contribution in [0.4, 0.5) is 5.69 Å². The SMILES string of the molecule is C=CC1(Cc2cnccc2NC)CCB1C. The molecule has 3 heteroatoms. The van der Waals surface area contributed by atoms with Crippen molar-refractivity contribution in [2.24, 2.45) is 0 Å². The first-order valence-corrected chi connectivity index (χ1v) is 5.96. The molecule has 0 amide bonds. The molecule has 1 fully saturated rings. The minimum Gasteiger partial charge on any atom is -0.388 e. The predicted octanol–water partition coefficient (Wildman–Crippen LogP) is 3.12. The summed E-state index contributed by atoms with van der Waals surface area (Å²) < 4.78 is 0. The highest BCUT2D eigenvalue weighted by Crippen LogP contribution is 2.51. The molecule has 2 rings (SSSR count). The molecule has 1 saturated heterocycles. The summed E-state index contributed by atoms with van der Waals surface area (Å²) in [6.45, 7) is 7.08. The summed E-state index contributed by atoms with van der Waals surface area (Å²) in [5, 5.41) is 3.53. The Bertz CT molecular complexity index is 391. The maximum absolute atomic E-state index is 4.22. The van der Waals surface area contributed by atoms with Gasteiger partial charge < -0.3 is 5.32 Å². The van der Waals surface area contributed by atoms with E-state index in [4.69, 9.17) is 0 Å². The van der Waals surface area contributed by atoms with Gasteiger partial charge in [0, 0.05) is 25.1 Å². The highest BCUT2D eigenvalue weighted by atomic mass is 14.8. The van der Waals surface area contributed by atoms with Crippen LogP contribution in [-0.2, 0) is 6.42 Å². The maximum atomic E-state index is 4.22. The van der Waals surface area contributed by atoms with E-state index in [1.165, 1.54) is 24.0 Å². The Morgan fingerprint density at radius 2 is 2.50 bits per heavy atom. The van der Waals surface area contributed by atoms with E-state index in [9.17, 15) is 0 Å². The summed E-state index contributed by atoms with van der Waals surface area (Å²) in [5.41, 5.74) is 2.49. The summed E-state index contributed by atoms with van der Waals surface area (Å²) in [5.74, 6) is 0. The number of pyridine rings is 1. The molecule has 0 bridgehead atoms. The Labute approximate surface area is 98.2 Å². The van der Waals surface area contributed by atoms with Crippen molar-refractivity contribution < 1.29 is 0 Å². The lowest BCUT2D eigenvalue weighted by Crippen LogP contribution is -2.40. The molecule has 2 nitrogen and oxygen atoms in total. The van der Waals surface area contributed by atoms with Crippen molar-refractivity contribution in [1.82, 2.24) is 4.98 Å². The number of anilines is 1. The van der Waals surface area contributed by atoms with Crippen LogP contribution in [0.2, 0.25) is 18.5 Å². The van der Waals surface area contributed by atoms with Crippen molar-refractivity contribution in [2.75, 3.05) is 12.4 Å². The molecule has 0 aliphatic carbocycles. The van der Waals surface area contributed by atoms with E-state index in [-0.39, 0.29) is 0 Å². The average molecular weight is 214 g/mol. The molecule has 0 spiro atoms. The highest BCUT2D eigenvalue weighted by molar-refractivity contribution is 6.65. The number of nitrogens with zero attached hydrogens (tertiary/aromatic N) is 1. The topological polar surface area (TPSA) is 24.9 Å². The van der Waals surface area contributed by atoms with Crippen LogP contribution < -0.4 is 5.32 Å². The Morgan fingerprint density at radius 3 is 3.00 bits per heavy atom. The monoisotopic (exact) mass is 214 g/mol. The highest BCUT2D eigenvalue weighted by Gasteiger charge is 2.43. The first kappa shape index (κ1) is 11.2. The predicted molar refractivity (Wildman–Crippen MR) is 71.4 cm³/mol. The number of hydrogen-bond acceptors (Lipinski definition) is 2. The van der Waals surface area contributed by atoms with E-state index in [1.54, 1.807) is 0 Å². The smallest absolute Gasteiger partial charge is 0.148 e. The van der Waals surface area contributed by atoms with E-state index in [1.807, 2.05) is 25.5 Å². The lowest BCUT2D eigenvalue weighted by atomic mass is 9.21. The summed E-state index contributed by atoms with van der Waals surface area (Å²) in [7, 11) is 1.96. The maximum Gasteiger partial charge on any atom is 0.148 e. The van der Waals surface area contributed by atoms with Crippen LogP contribution in [0, 0.1) is 0 Å². The number of aromatic nitrogens is 1. The van der Waals surface area contributed by atoms with E-state index in [2.05, 4.69) is 29.8 Å². The van der Waals surface area contributed by atoms with Gasteiger partial charge in [0.05, 0.1) is 0 Å². The van der Waals surface area contributed by atoms with Crippen molar-refractivity contribution in [3.8, 4) is 0 Å². The molecule has 1 atom stereocenters. The summed E-state index contributed by atoms with van der Waals surface area (Å²) in [6.07, 6.45) is 9.59. The third-order valence-corrected chi connectivity index (χ3v) is 4.12. The second-order valence-corrected chi connectivity index (χ2v) is 4.84. The number of rotatable bonds is 4. The Balaban J connectivity index is 2.22. The van der Waals surface area contributed by atoms with Crippen LogP contribution in [0.3, 0.4) is 0 Å². The first-order chi connectivity index (χ1) is 7.72. The van der Waals surface area contributed by atoms with Gasteiger partial charge in [0.1, 0.15) is 6.71 Å². The third kappa shape index (κ3) is 1.75. The zero-order valence-electron chi connectivity index (χ0n) is 10.2. The van der Waals surface area contributed by atoms with Gasteiger partial charge in [-0.05, 0) is 23.4 Å². The molecule has 0 radical (unpaired) electrons. The number of hydrogen-bond donors (Lipinski definition) is 1. The van der Waals surface area contributed by atoms with Crippen LogP contribution in [-0.4, -0.2) is 18.7 Å². The molecule has 16 heavy (non-hydrogen) atoms. The van der Waals surface area contributed by atoms with E-state index in [0.717, 1.165) is 13.1 Å². The number of allylic oxidation sites excluding steroid dienone is 1. The lowest BCUT2D eigenvalue weighted by Gasteiger charge is -2.44. The van der Waals surface area contributed by atoms with Crippen LogP contribution in [0.15, 0.2) is 31.1 Å². The van der Waals surface area contributed by atoms with Gasteiger partial charge in [-0.1, -0.05) is 25.6 Å². The van der Waals surface area contributed by atoms with Gasteiger partial charge in [-0.25, -0.2) is 0 Å². The normalized spacial score (nSPS) is 23.8. The molecule has 1 aliphatic rings. The lowest BCUT2D eigenvalue weighted by molar-refractivity contribution is 0.565. The summed E-state index contributed by atoms with van der Waals surface area (Å²) >= 11 is 0. The second kappa shape index (κ2) is 4.32. The Hall–Kier alpha value is -1.25. The van der Waals surface area contributed by atoms with Crippen LogP contribution in [0.5, 0.6) is 0 Å². The van der Waals surface area contributed by atoms with Crippen molar-refractivity contribution >= 4 is 12.4 Å². The summed E-state index contributed by atoms with van der Waals surface area (Å²) in [6, 6.07) is 2.04. The molecule has 1 aliphatic heterocycles. The quantitative estimate of drug-likeness (QED) is 0.615. The molecule has 0 saturated carbocycles. The fourth-order valence-corrected chi connectivity index (χ4v) is 2.61. The van der Waals surface area contributed by atoms with Gasteiger partial charge in [0.25, 0.3) is 0 Å². The van der Waals surface area contributed by atoms with E-state index >= 15 is 0 Å². The minimum absolute atomic E-state index is 0.300. The van der Waals surface area contributed by atoms with E-state index in [0.29, 0.717) is 5.31 Å². The van der Waals surface area contributed by atoms with Gasteiger partial charge in [0.2, 0.25) is 0 Å². The van der Waals surface area contributed by atoms with Crippen molar-refractivity contribution in [3.63, 3.8) is 0 Å². The molecule has 84 valence electrons. The van der Waals surface area contributed by atoms with Gasteiger partial charge in [-0.15, -0.1) is 6.58 Å². The Kier molecular flexibility index (Phi) is 3.04. The molecule has 0 aromatic carbocycles. The standard InChI is InChI=1S/C13H19BN2/c1-4-13(6-7-14(13)2)9-11-10-16-8-5-12(11)15-3/h4-5,8,10H,1,6-7,9H2,2-3H3,(H,15,16). The van der Waals surface area contributed by atoms with Gasteiger partial charge in [-0.3, -0.25) is 4.98 Å². The molecule has 1 unspecified atom stereocenters. The van der Waals surface area contributed by atoms with Gasteiger partial charge >= 0.3 is 0 Å². The molecule has 1 aromatic rings.